The summed E-state index contributed by atoms with van der Waals surface area (Å²) < 4.78 is 10.9. The van der Waals surface area contributed by atoms with Crippen molar-refractivity contribution in [3.05, 3.63) is 5.73 Å². The molecule has 0 radical (unpaired) electrons. The van der Waals surface area contributed by atoms with Crippen molar-refractivity contribution in [2.45, 2.75) is 13.0 Å². The van der Waals surface area contributed by atoms with Crippen LogP contribution in [0.25, 0.3) is 5.73 Å². The molecule has 32 valence electrons. The SMILES string of the molecule is CC([NH-])CF.[K+]. The molecule has 0 saturated carbocycles. The van der Waals surface area contributed by atoms with Gasteiger partial charge in [0.1, 0.15) is 0 Å². The van der Waals surface area contributed by atoms with E-state index in [2.05, 4.69) is 0 Å². The minimum atomic E-state index is -0.532. The molecule has 3 heteroatoms. The quantitative estimate of drug-likeness (QED) is 0.368. The van der Waals surface area contributed by atoms with Gasteiger partial charge in [0, 0.05) is 0 Å². The fourth-order valence-electron chi connectivity index (χ4n) is 0. The van der Waals surface area contributed by atoms with Crippen LogP contribution in [0.2, 0.25) is 0 Å². The zero-order chi connectivity index (χ0) is 4.28. The third kappa shape index (κ3) is 9.11. The van der Waals surface area contributed by atoms with Crippen molar-refractivity contribution in [1.29, 1.82) is 0 Å². The van der Waals surface area contributed by atoms with Crippen molar-refractivity contribution in [3.63, 3.8) is 0 Å². The number of halogens is 1. The molecule has 0 spiro atoms. The van der Waals surface area contributed by atoms with Gasteiger partial charge in [-0.3, -0.25) is 4.39 Å². The molecule has 0 amide bonds. The molecule has 1 unspecified atom stereocenters. The topological polar surface area (TPSA) is 23.8 Å². The van der Waals surface area contributed by atoms with Gasteiger partial charge in [-0.25, -0.2) is 0 Å². The summed E-state index contributed by atoms with van der Waals surface area (Å²) in [4.78, 5) is 0. The maximum atomic E-state index is 10.9. The fraction of sp³-hybridized carbons (Fsp3) is 1.00. The normalized spacial score (nSPS) is 12.5. The first kappa shape index (κ1) is 10.5. The number of rotatable bonds is 1. The second-order valence-electron chi connectivity index (χ2n) is 1.06. The molecule has 6 heavy (non-hydrogen) atoms. The molecular formula is C3H7FKN. The van der Waals surface area contributed by atoms with E-state index in [1.54, 1.807) is 0 Å². The van der Waals surface area contributed by atoms with Crippen LogP contribution < -0.4 is 51.4 Å². The van der Waals surface area contributed by atoms with E-state index in [0.29, 0.717) is 0 Å². The van der Waals surface area contributed by atoms with Gasteiger partial charge in [-0.15, -0.1) is 6.04 Å². The molecule has 0 heterocycles. The fourth-order valence-corrected chi connectivity index (χ4v) is 0. The van der Waals surface area contributed by atoms with Crippen LogP contribution in [0, 0.1) is 0 Å². The predicted molar refractivity (Wildman–Crippen MR) is 19.8 cm³/mol. The third-order valence-corrected chi connectivity index (χ3v) is 0.231. The van der Waals surface area contributed by atoms with Crippen molar-refractivity contribution >= 4 is 0 Å². The van der Waals surface area contributed by atoms with E-state index in [1.165, 1.54) is 6.92 Å². The zero-order valence-electron chi connectivity index (χ0n) is 4.16. The van der Waals surface area contributed by atoms with Gasteiger partial charge in [-0.1, -0.05) is 6.92 Å². The maximum Gasteiger partial charge on any atom is 1.00 e. The van der Waals surface area contributed by atoms with E-state index in [1.807, 2.05) is 0 Å². The molecule has 0 aromatic heterocycles. The first-order valence-corrected chi connectivity index (χ1v) is 1.54. The Labute approximate surface area is 79.9 Å². The first-order chi connectivity index (χ1) is 2.27. The zero-order valence-corrected chi connectivity index (χ0v) is 7.29. The minimum absolute atomic E-state index is 0. The van der Waals surface area contributed by atoms with Crippen LogP contribution in [0.4, 0.5) is 4.39 Å². The second-order valence-corrected chi connectivity index (χ2v) is 1.06. The molecule has 0 aliphatic heterocycles. The maximum absolute atomic E-state index is 10.9. The number of hydrogen-bond donors (Lipinski definition) is 0. The van der Waals surface area contributed by atoms with E-state index >= 15 is 0 Å². The van der Waals surface area contributed by atoms with Gasteiger partial charge in [0.15, 0.2) is 0 Å². The Kier molecular flexibility index (Phi) is 11.4. The number of nitrogens with one attached hydrogen (secondary N) is 1. The van der Waals surface area contributed by atoms with Crippen molar-refractivity contribution in [3.8, 4) is 0 Å². The Morgan fingerprint density at radius 3 is 2.00 bits per heavy atom. The largest absolute Gasteiger partial charge is 1.00 e. The first-order valence-electron chi connectivity index (χ1n) is 1.54. The Bertz CT molecular complexity index is 24.8. The van der Waals surface area contributed by atoms with Crippen LogP contribution in [-0.4, -0.2) is 12.7 Å². The molecule has 0 aromatic rings. The van der Waals surface area contributed by atoms with Gasteiger partial charge in [-0.2, -0.15) is 0 Å². The average molecular weight is 115 g/mol. The monoisotopic (exact) mass is 115 g/mol. The molecule has 0 aliphatic rings. The molecule has 0 aliphatic carbocycles. The standard InChI is InChI=1S/C3H7FN.K/c1-3(5)2-4;/h3,5H,2H2,1H3;/q-1;+1. The van der Waals surface area contributed by atoms with Crippen LogP contribution in [0.15, 0.2) is 0 Å². The average Bonchev–Trinajstić information content (AvgIpc) is 1.38. The van der Waals surface area contributed by atoms with Crippen LogP contribution >= 0.6 is 0 Å². The summed E-state index contributed by atoms with van der Waals surface area (Å²) in [6.07, 6.45) is 0. The van der Waals surface area contributed by atoms with Gasteiger partial charge >= 0.3 is 51.4 Å². The van der Waals surface area contributed by atoms with Crippen molar-refractivity contribution in [2.75, 3.05) is 6.67 Å². The predicted octanol–water partition coefficient (Wildman–Crippen LogP) is -1.60. The van der Waals surface area contributed by atoms with Gasteiger partial charge in [0.2, 0.25) is 0 Å². The van der Waals surface area contributed by atoms with Crippen molar-refractivity contribution < 1.29 is 55.8 Å². The Balaban J connectivity index is 0. The van der Waals surface area contributed by atoms with E-state index in [0.717, 1.165) is 0 Å². The molecular weight excluding hydrogens is 108 g/mol. The summed E-state index contributed by atoms with van der Waals surface area (Å²) in [5.74, 6) is 0. The van der Waals surface area contributed by atoms with Crippen LogP contribution in [0.3, 0.4) is 0 Å². The summed E-state index contributed by atoms with van der Waals surface area (Å²) in [7, 11) is 0. The smallest absolute Gasteiger partial charge is 0.673 e. The molecule has 0 bridgehead atoms. The van der Waals surface area contributed by atoms with Gasteiger partial charge < -0.3 is 5.73 Å². The molecule has 1 nitrogen and oxygen atoms in total. The second kappa shape index (κ2) is 6.53. The van der Waals surface area contributed by atoms with Crippen LogP contribution in [0.1, 0.15) is 6.92 Å². The van der Waals surface area contributed by atoms with Crippen molar-refractivity contribution in [1.82, 2.24) is 0 Å². The van der Waals surface area contributed by atoms with Crippen molar-refractivity contribution in [2.24, 2.45) is 0 Å². The Hall–Kier alpha value is 1.53. The van der Waals surface area contributed by atoms with Gasteiger partial charge in [-0.05, 0) is 0 Å². The third-order valence-electron chi connectivity index (χ3n) is 0.231. The van der Waals surface area contributed by atoms with E-state index in [9.17, 15) is 4.39 Å². The molecule has 0 rings (SSSR count). The molecule has 0 aromatic carbocycles. The molecule has 1 N–H and O–H groups in total. The van der Waals surface area contributed by atoms with Crippen LogP contribution in [0.5, 0.6) is 0 Å². The summed E-state index contributed by atoms with van der Waals surface area (Å²) in [6.45, 7) is 0.986. The molecule has 0 fully saturated rings. The Morgan fingerprint density at radius 2 is 2.00 bits per heavy atom. The Morgan fingerprint density at radius 1 is 1.83 bits per heavy atom. The van der Waals surface area contributed by atoms with Crippen LogP contribution in [-0.2, 0) is 0 Å². The number of hydrogen-bond acceptors (Lipinski definition) is 0. The van der Waals surface area contributed by atoms with Gasteiger partial charge in [0.25, 0.3) is 0 Å². The van der Waals surface area contributed by atoms with E-state index in [4.69, 9.17) is 5.73 Å². The summed E-state index contributed by atoms with van der Waals surface area (Å²) in [6, 6.07) is -0.532. The van der Waals surface area contributed by atoms with E-state index < -0.39 is 12.7 Å². The summed E-state index contributed by atoms with van der Waals surface area (Å²) in [5, 5.41) is 0. The molecule has 1 atom stereocenters. The summed E-state index contributed by atoms with van der Waals surface area (Å²) in [5.41, 5.74) is 6.45. The molecule has 0 saturated heterocycles. The van der Waals surface area contributed by atoms with Gasteiger partial charge in [0.05, 0.1) is 6.67 Å². The summed E-state index contributed by atoms with van der Waals surface area (Å²) >= 11 is 0. The number of alkyl halides is 1. The van der Waals surface area contributed by atoms with E-state index in [-0.39, 0.29) is 51.4 Å². The minimum Gasteiger partial charge on any atom is -0.673 e.